The Morgan fingerprint density at radius 1 is 1.33 bits per heavy atom. The Morgan fingerprint density at radius 2 is 2.00 bits per heavy atom. The molecule has 0 aliphatic rings. The first kappa shape index (κ1) is 12.5. The van der Waals surface area contributed by atoms with Gasteiger partial charge >= 0.3 is 0 Å². The third-order valence-corrected chi connectivity index (χ3v) is 3.13. The molecule has 15 heavy (non-hydrogen) atoms. The fraction of sp³-hybridized carbons (Fsp3) is 0.500. The number of likely N-dealkylation sites (N-methyl/N-ethyl adjacent to an activating group) is 1. The molecule has 1 aromatic carbocycles. The molecule has 3 heteroatoms. The Morgan fingerprint density at radius 3 is 2.53 bits per heavy atom. The smallest absolute Gasteiger partial charge is 0.0441 e. The first-order chi connectivity index (χ1) is 6.94. The molecule has 0 atom stereocenters. The zero-order chi connectivity index (χ0) is 11.5. The van der Waals surface area contributed by atoms with E-state index in [4.69, 9.17) is 0 Å². The number of benzene rings is 1. The number of anilines is 1. The number of nitrogens with one attached hydrogen (secondary N) is 2. The van der Waals surface area contributed by atoms with Crippen molar-refractivity contribution in [2.45, 2.75) is 26.3 Å². The van der Waals surface area contributed by atoms with Gasteiger partial charge in [-0.25, -0.2) is 0 Å². The van der Waals surface area contributed by atoms with E-state index in [-0.39, 0.29) is 5.54 Å². The van der Waals surface area contributed by atoms with Gasteiger partial charge < -0.3 is 10.6 Å². The van der Waals surface area contributed by atoms with E-state index in [2.05, 4.69) is 65.5 Å². The van der Waals surface area contributed by atoms with Crippen LogP contribution in [0, 0.1) is 6.92 Å². The van der Waals surface area contributed by atoms with E-state index < -0.39 is 0 Å². The summed E-state index contributed by atoms with van der Waals surface area (Å²) in [4.78, 5) is 0. The van der Waals surface area contributed by atoms with Crippen molar-refractivity contribution < 1.29 is 0 Å². The van der Waals surface area contributed by atoms with Gasteiger partial charge in [-0.2, -0.15) is 0 Å². The zero-order valence-corrected chi connectivity index (χ0v) is 11.4. The van der Waals surface area contributed by atoms with Crippen molar-refractivity contribution in [2.24, 2.45) is 0 Å². The Kier molecular flexibility index (Phi) is 4.17. The van der Waals surface area contributed by atoms with E-state index in [1.54, 1.807) is 0 Å². The lowest BCUT2D eigenvalue weighted by atomic mass is 10.1. The lowest BCUT2D eigenvalue weighted by Crippen LogP contribution is -2.40. The minimum Gasteiger partial charge on any atom is -0.379 e. The first-order valence-electron chi connectivity index (χ1n) is 5.13. The van der Waals surface area contributed by atoms with E-state index in [1.165, 1.54) is 5.56 Å². The maximum atomic E-state index is 3.54. The number of halogens is 1. The Labute approximate surface area is 101 Å². The van der Waals surface area contributed by atoms with Crippen molar-refractivity contribution in [3.63, 3.8) is 0 Å². The summed E-state index contributed by atoms with van der Waals surface area (Å²) in [5, 5.41) is 6.67. The van der Waals surface area contributed by atoms with Crippen LogP contribution in [0.15, 0.2) is 22.7 Å². The lowest BCUT2D eigenvalue weighted by molar-refractivity contribution is 0.530. The average molecular weight is 271 g/mol. The standard InChI is InChI=1S/C12H19BrN2/c1-9-5-6-10(7-11(9)13)15-12(2,3)8-14-4/h5-7,14-15H,8H2,1-4H3. The van der Waals surface area contributed by atoms with Crippen LogP contribution in [-0.4, -0.2) is 19.1 Å². The topological polar surface area (TPSA) is 24.1 Å². The number of aryl methyl sites for hydroxylation is 1. The molecule has 84 valence electrons. The van der Waals surface area contributed by atoms with Gasteiger partial charge in [0, 0.05) is 22.2 Å². The molecule has 0 spiro atoms. The van der Waals surface area contributed by atoms with E-state index in [1.807, 2.05) is 7.05 Å². The van der Waals surface area contributed by atoms with Gasteiger partial charge in [0.25, 0.3) is 0 Å². The average Bonchev–Trinajstić information content (AvgIpc) is 2.10. The number of hydrogen-bond donors (Lipinski definition) is 2. The van der Waals surface area contributed by atoms with Crippen LogP contribution < -0.4 is 10.6 Å². The Bertz CT molecular complexity index is 334. The van der Waals surface area contributed by atoms with E-state index >= 15 is 0 Å². The normalized spacial score (nSPS) is 11.5. The first-order valence-corrected chi connectivity index (χ1v) is 5.93. The van der Waals surface area contributed by atoms with Gasteiger partial charge in [0.2, 0.25) is 0 Å². The second kappa shape index (κ2) is 4.99. The molecule has 0 amide bonds. The van der Waals surface area contributed by atoms with Crippen molar-refractivity contribution in [1.29, 1.82) is 0 Å². The fourth-order valence-corrected chi connectivity index (χ4v) is 1.93. The Hall–Kier alpha value is -0.540. The maximum Gasteiger partial charge on any atom is 0.0441 e. The van der Waals surface area contributed by atoms with Crippen LogP contribution in [0.5, 0.6) is 0 Å². The second-order valence-corrected chi connectivity index (χ2v) is 5.36. The largest absolute Gasteiger partial charge is 0.379 e. The van der Waals surface area contributed by atoms with Gasteiger partial charge in [-0.05, 0) is 45.5 Å². The summed E-state index contributed by atoms with van der Waals surface area (Å²) in [5.41, 5.74) is 2.46. The third-order valence-electron chi connectivity index (χ3n) is 2.27. The molecule has 0 aliphatic carbocycles. The maximum absolute atomic E-state index is 3.54. The highest BCUT2D eigenvalue weighted by atomic mass is 79.9. The minimum atomic E-state index is 0.0590. The molecule has 2 nitrogen and oxygen atoms in total. The summed E-state index contributed by atoms with van der Waals surface area (Å²) in [5.74, 6) is 0. The van der Waals surface area contributed by atoms with Gasteiger partial charge in [0.1, 0.15) is 0 Å². The zero-order valence-electron chi connectivity index (χ0n) is 9.82. The van der Waals surface area contributed by atoms with Crippen LogP contribution in [0.3, 0.4) is 0 Å². The highest BCUT2D eigenvalue weighted by Gasteiger charge is 2.15. The highest BCUT2D eigenvalue weighted by Crippen LogP contribution is 2.22. The summed E-state index contributed by atoms with van der Waals surface area (Å²) in [6.07, 6.45) is 0. The molecular weight excluding hydrogens is 252 g/mol. The summed E-state index contributed by atoms with van der Waals surface area (Å²) >= 11 is 3.54. The molecule has 1 aromatic rings. The summed E-state index contributed by atoms with van der Waals surface area (Å²) in [6.45, 7) is 7.37. The number of rotatable bonds is 4. The van der Waals surface area contributed by atoms with Gasteiger partial charge in [0.05, 0.1) is 0 Å². The molecule has 0 aliphatic heterocycles. The van der Waals surface area contributed by atoms with Crippen LogP contribution in [0.1, 0.15) is 19.4 Å². The van der Waals surface area contributed by atoms with Crippen molar-refractivity contribution in [1.82, 2.24) is 5.32 Å². The molecule has 0 fully saturated rings. The lowest BCUT2D eigenvalue weighted by Gasteiger charge is -2.27. The SMILES string of the molecule is CNCC(C)(C)Nc1ccc(C)c(Br)c1. The van der Waals surface area contributed by atoms with E-state index in [0.29, 0.717) is 0 Å². The quantitative estimate of drug-likeness (QED) is 0.879. The highest BCUT2D eigenvalue weighted by molar-refractivity contribution is 9.10. The summed E-state index contributed by atoms with van der Waals surface area (Å²) in [7, 11) is 1.97. The van der Waals surface area contributed by atoms with E-state index in [0.717, 1.165) is 16.7 Å². The molecule has 1 rings (SSSR count). The predicted octanol–water partition coefficient (Wildman–Crippen LogP) is 3.17. The van der Waals surface area contributed by atoms with Gasteiger partial charge in [-0.1, -0.05) is 22.0 Å². The Balaban J connectivity index is 2.76. The van der Waals surface area contributed by atoms with Gasteiger partial charge in [-0.15, -0.1) is 0 Å². The predicted molar refractivity (Wildman–Crippen MR) is 70.5 cm³/mol. The molecule has 0 saturated heterocycles. The fourth-order valence-electron chi connectivity index (χ4n) is 1.55. The van der Waals surface area contributed by atoms with Gasteiger partial charge in [0.15, 0.2) is 0 Å². The van der Waals surface area contributed by atoms with Crippen molar-refractivity contribution in [2.75, 3.05) is 18.9 Å². The molecule has 0 saturated carbocycles. The molecule has 0 bridgehead atoms. The molecule has 0 aromatic heterocycles. The minimum absolute atomic E-state index is 0.0590. The monoisotopic (exact) mass is 270 g/mol. The van der Waals surface area contributed by atoms with Crippen molar-refractivity contribution >= 4 is 21.6 Å². The van der Waals surface area contributed by atoms with Gasteiger partial charge in [-0.3, -0.25) is 0 Å². The molecule has 0 heterocycles. The molecule has 0 radical (unpaired) electrons. The molecule has 2 N–H and O–H groups in total. The van der Waals surface area contributed by atoms with E-state index in [9.17, 15) is 0 Å². The molecule has 0 unspecified atom stereocenters. The van der Waals surface area contributed by atoms with Crippen LogP contribution in [0.4, 0.5) is 5.69 Å². The summed E-state index contributed by atoms with van der Waals surface area (Å²) in [6, 6.07) is 6.34. The summed E-state index contributed by atoms with van der Waals surface area (Å²) < 4.78 is 1.15. The van der Waals surface area contributed by atoms with Crippen molar-refractivity contribution in [3.8, 4) is 0 Å². The number of hydrogen-bond acceptors (Lipinski definition) is 2. The second-order valence-electron chi connectivity index (χ2n) is 4.50. The van der Waals surface area contributed by atoms with Crippen LogP contribution >= 0.6 is 15.9 Å². The van der Waals surface area contributed by atoms with Crippen LogP contribution in [-0.2, 0) is 0 Å². The molecular formula is C12H19BrN2. The van der Waals surface area contributed by atoms with Crippen molar-refractivity contribution in [3.05, 3.63) is 28.2 Å². The van der Waals surface area contributed by atoms with Crippen LogP contribution in [0.25, 0.3) is 0 Å². The third kappa shape index (κ3) is 3.84. The van der Waals surface area contributed by atoms with Crippen LogP contribution in [0.2, 0.25) is 0 Å².